The fourth-order valence-corrected chi connectivity index (χ4v) is 3.37. The van der Waals surface area contributed by atoms with Crippen molar-refractivity contribution in [2.24, 2.45) is 0 Å². The normalized spacial score (nSPS) is 20.3. The van der Waals surface area contributed by atoms with Crippen LogP contribution in [0.1, 0.15) is 44.4 Å². The van der Waals surface area contributed by atoms with E-state index in [1.807, 2.05) is 81.4 Å². The molecule has 4 heteroatoms. The Hall–Kier alpha value is -2.62. The summed E-state index contributed by atoms with van der Waals surface area (Å²) < 4.78 is 5.62. The summed E-state index contributed by atoms with van der Waals surface area (Å²) in [6.45, 7) is 5.52. The fraction of sp³-hybridized carbons (Fsp3) is 0.364. The number of nitrogens with zero attached hydrogens (tertiary/aromatic N) is 1. The quantitative estimate of drug-likeness (QED) is 0.815. The van der Waals surface area contributed by atoms with Gasteiger partial charge in [-0.05, 0) is 31.9 Å². The Bertz CT molecular complexity index is 765. The highest BCUT2D eigenvalue weighted by molar-refractivity contribution is 5.92. The Morgan fingerprint density at radius 1 is 1.04 bits per heavy atom. The van der Waals surface area contributed by atoms with Crippen LogP contribution in [0.4, 0.5) is 4.79 Å². The SMILES string of the molecule is CC(C)(C)OC(=O)N1[C@H](Cc2ccccc2)C(=O)C[C@@H]1c1ccccc1. The lowest BCUT2D eigenvalue weighted by molar-refractivity contribution is -0.119. The lowest BCUT2D eigenvalue weighted by atomic mass is 10.0. The van der Waals surface area contributed by atoms with Crippen LogP contribution in [0.3, 0.4) is 0 Å². The van der Waals surface area contributed by atoms with Gasteiger partial charge in [-0.15, -0.1) is 0 Å². The van der Waals surface area contributed by atoms with E-state index >= 15 is 0 Å². The Balaban J connectivity index is 1.93. The molecule has 136 valence electrons. The third-order valence-corrected chi connectivity index (χ3v) is 4.50. The predicted octanol–water partition coefficient (Wildman–Crippen LogP) is 4.55. The molecule has 0 spiro atoms. The number of Topliss-reactive ketones (excluding diaryl/α,β-unsaturated/α-hetero) is 1. The van der Waals surface area contributed by atoms with Crippen LogP contribution in [0.25, 0.3) is 0 Å². The number of ether oxygens (including phenoxy) is 1. The van der Waals surface area contributed by atoms with Crippen LogP contribution in [0.15, 0.2) is 60.7 Å². The van der Waals surface area contributed by atoms with E-state index in [-0.39, 0.29) is 11.8 Å². The lowest BCUT2D eigenvalue weighted by Gasteiger charge is -2.32. The number of likely N-dealkylation sites (tertiary alicyclic amines) is 1. The third-order valence-electron chi connectivity index (χ3n) is 4.50. The molecule has 26 heavy (non-hydrogen) atoms. The Kier molecular flexibility index (Phi) is 5.12. The van der Waals surface area contributed by atoms with Gasteiger partial charge in [0.25, 0.3) is 0 Å². The molecule has 1 amide bonds. The number of ketones is 1. The van der Waals surface area contributed by atoms with E-state index in [2.05, 4.69) is 0 Å². The summed E-state index contributed by atoms with van der Waals surface area (Å²) in [4.78, 5) is 27.4. The van der Waals surface area contributed by atoms with Gasteiger partial charge in [-0.2, -0.15) is 0 Å². The van der Waals surface area contributed by atoms with E-state index in [0.29, 0.717) is 12.8 Å². The minimum atomic E-state index is -0.610. The van der Waals surface area contributed by atoms with Crippen LogP contribution < -0.4 is 0 Å². The minimum absolute atomic E-state index is 0.0774. The van der Waals surface area contributed by atoms with Crippen LogP contribution in [0.2, 0.25) is 0 Å². The fourth-order valence-electron chi connectivity index (χ4n) is 3.37. The van der Waals surface area contributed by atoms with E-state index in [0.717, 1.165) is 11.1 Å². The van der Waals surface area contributed by atoms with Crippen molar-refractivity contribution in [3.63, 3.8) is 0 Å². The number of amides is 1. The van der Waals surface area contributed by atoms with Gasteiger partial charge in [-0.1, -0.05) is 60.7 Å². The van der Waals surface area contributed by atoms with Gasteiger partial charge in [0.05, 0.1) is 12.1 Å². The van der Waals surface area contributed by atoms with Crippen molar-refractivity contribution in [2.75, 3.05) is 0 Å². The summed E-state index contributed by atoms with van der Waals surface area (Å²) in [5.74, 6) is 0.0774. The molecule has 0 unspecified atom stereocenters. The molecule has 1 fully saturated rings. The molecule has 2 atom stereocenters. The minimum Gasteiger partial charge on any atom is -0.444 e. The zero-order chi connectivity index (χ0) is 18.7. The second-order valence-corrected chi connectivity index (χ2v) is 7.69. The van der Waals surface area contributed by atoms with Gasteiger partial charge in [-0.25, -0.2) is 4.79 Å². The maximum atomic E-state index is 12.9. The van der Waals surface area contributed by atoms with Crippen molar-refractivity contribution >= 4 is 11.9 Å². The standard InChI is InChI=1S/C22H25NO3/c1-22(2,3)26-21(25)23-18(17-12-8-5-9-13-17)15-20(24)19(23)14-16-10-6-4-7-11-16/h4-13,18-19H,14-15H2,1-3H3/t18-,19-/m1/s1. The van der Waals surface area contributed by atoms with Crippen molar-refractivity contribution in [2.45, 2.75) is 51.3 Å². The molecule has 0 aromatic heterocycles. The van der Waals surface area contributed by atoms with Gasteiger partial charge in [0.1, 0.15) is 5.60 Å². The van der Waals surface area contributed by atoms with Crippen LogP contribution in [-0.4, -0.2) is 28.4 Å². The molecule has 0 aliphatic carbocycles. The summed E-state index contributed by atoms with van der Waals surface area (Å²) in [6, 6.07) is 18.7. The highest BCUT2D eigenvalue weighted by Gasteiger charge is 2.45. The van der Waals surface area contributed by atoms with Crippen molar-refractivity contribution in [1.82, 2.24) is 4.90 Å². The Morgan fingerprint density at radius 2 is 1.62 bits per heavy atom. The van der Waals surface area contributed by atoms with Crippen LogP contribution in [0.5, 0.6) is 0 Å². The summed E-state index contributed by atoms with van der Waals surface area (Å²) in [7, 11) is 0. The first-order valence-electron chi connectivity index (χ1n) is 8.98. The average Bonchev–Trinajstić information content (AvgIpc) is 2.92. The van der Waals surface area contributed by atoms with Crippen molar-refractivity contribution in [3.05, 3.63) is 71.8 Å². The number of hydrogen-bond donors (Lipinski definition) is 0. The van der Waals surface area contributed by atoms with E-state index < -0.39 is 17.7 Å². The molecule has 1 aliphatic heterocycles. The number of carbonyl (C=O) groups is 2. The molecule has 1 heterocycles. The molecule has 2 aromatic rings. The first-order valence-corrected chi connectivity index (χ1v) is 8.98. The van der Waals surface area contributed by atoms with Gasteiger partial charge in [0.2, 0.25) is 0 Å². The highest BCUT2D eigenvalue weighted by atomic mass is 16.6. The monoisotopic (exact) mass is 351 g/mol. The van der Waals surface area contributed by atoms with Crippen LogP contribution in [0, 0.1) is 0 Å². The number of hydrogen-bond acceptors (Lipinski definition) is 3. The number of carbonyl (C=O) groups excluding carboxylic acids is 2. The summed E-state index contributed by atoms with van der Waals surface area (Å²) in [5, 5.41) is 0. The zero-order valence-electron chi connectivity index (χ0n) is 15.5. The van der Waals surface area contributed by atoms with Gasteiger partial charge in [0.15, 0.2) is 5.78 Å². The predicted molar refractivity (Wildman–Crippen MR) is 101 cm³/mol. The van der Waals surface area contributed by atoms with Gasteiger partial charge in [-0.3, -0.25) is 9.69 Å². The van der Waals surface area contributed by atoms with Crippen LogP contribution in [-0.2, 0) is 16.0 Å². The van der Waals surface area contributed by atoms with Crippen molar-refractivity contribution in [1.29, 1.82) is 0 Å². The van der Waals surface area contributed by atoms with Gasteiger partial charge >= 0.3 is 6.09 Å². The molecule has 1 saturated heterocycles. The van der Waals surface area contributed by atoms with Crippen molar-refractivity contribution in [3.8, 4) is 0 Å². The summed E-state index contributed by atoms with van der Waals surface area (Å²) in [6.07, 6.45) is 0.390. The highest BCUT2D eigenvalue weighted by Crippen LogP contribution is 2.36. The molecule has 0 bridgehead atoms. The Labute approximate surface area is 154 Å². The molecule has 4 nitrogen and oxygen atoms in total. The van der Waals surface area contributed by atoms with Crippen molar-refractivity contribution < 1.29 is 14.3 Å². The summed E-state index contributed by atoms with van der Waals surface area (Å²) >= 11 is 0. The van der Waals surface area contributed by atoms with E-state index in [1.54, 1.807) is 4.90 Å². The van der Waals surface area contributed by atoms with Gasteiger partial charge < -0.3 is 4.74 Å². The topological polar surface area (TPSA) is 46.6 Å². The second-order valence-electron chi connectivity index (χ2n) is 7.69. The molecular formula is C22H25NO3. The molecule has 2 aromatic carbocycles. The average molecular weight is 351 g/mol. The third kappa shape index (κ3) is 4.13. The molecule has 0 radical (unpaired) electrons. The van der Waals surface area contributed by atoms with E-state index in [9.17, 15) is 9.59 Å². The van der Waals surface area contributed by atoms with Gasteiger partial charge in [0, 0.05) is 12.8 Å². The largest absolute Gasteiger partial charge is 0.444 e. The number of benzene rings is 2. The maximum absolute atomic E-state index is 12.9. The molecule has 0 N–H and O–H groups in total. The van der Waals surface area contributed by atoms with E-state index in [1.165, 1.54) is 0 Å². The summed E-state index contributed by atoms with van der Waals surface area (Å²) in [5.41, 5.74) is 1.39. The zero-order valence-corrected chi connectivity index (χ0v) is 15.5. The Morgan fingerprint density at radius 3 is 2.19 bits per heavy atom. The molecular weight excluding hydrogens is 326 g/mol. The first kappa shape index (κ1) is 18.2. The first-order chi connectivity index (χ1) is 12.3. The maximum Gasteiger partial charge on any atom is 0.411 e. The second kappa shape index (κ2) is 7.32. The lowest BCUT2D eigenvalue weighted by Crippen LogP contribution is -2.43. The molecule has 0 saturated carbocycles. The smallest absolute Gasteiger partial charge is 0.411 e. The van der Waals surface area contributed by atoms with Crippen LogP contribution >= 0.6 is 0 Å². The molecule has 3 rings (SSSR count). The van der Waals surface area contributed by atoms with E-state index in [4.69, 9.17) is 4.74 Å². The number of rotatable bonds is 3. The molecule has 1 aliphatic rings.